The highest BCUT2D eigenvalue weighted by Crippen LogP contribution is 2.16. The van der Waals surface area contributed by atoms with E-state index in [-0.39, 0.29) is 5.91 Å². The van der Waals surface area contributed by atoms with Gasteiger partial charge in [-0.3, -0.25) is 4.79 Å². The van der Waals surface area contributed by atoms with Crippen LogP contribution in [0.3, 0.4) is 0 Å². The molecular formula is C15H17NO. The first-order valence-electron chi connectivity index (χ1n) is 5.96. The predicted molar refractivity (Wildman–Crippen MR) is 71.2 cm³/mol. The van der Waals surface area contributed by atoms with Crippen LogP contribution in [0.1, 0.15) is 23.7 Å². The summed E-state index contributed by atoms with van der Waals surface area (Å²) in [4.78, 5) is 13.9. The lowest BCUT2D eigenvalue weighted by atomic mass is 10.1. The van der Waals surface area contributed by atoms with E-state index in [4.69, 9.17) is 0 Å². The minimum Gasteiger partial charge on any atom is -0.342 e. The van der Waals surface area contributed by atoms with E-state index in [9.17, 15) is 4.79 Å². The summed E-state index contributed by atoms with van der Waals surface area (Å²) in [5.74, 6) is 0.0950. The molecule has 2 nitrogen and oxygen atoms in total. The van der Waals surface area contributed by atoms with Gasteiger partial charge in [0.1, 0.15) is 0 Å². The molecule has 1 amide bonds. The number of benzene rings is 2. The number of hydrogen-bond acceptors (Lipinski definition) is 1. The predicted octanol–water partition coefficient (Wildman–Crippen LogP) is 3.32. The van der Waals surface area contributed by atoms with Crippen LogP contribution in [-0.2, 0) is 0 Å². The second kappa shape index (κ2) is 5.00. The molecule has 0 saturated heterocycles. The molecule has 0 aliphatic heterocycles. The van der Waals surface area contributed by atoms with Gasteiger partial charge >= 0.3 is 0 Å². The molecule has 0 radical (unpaired) electrons. The largest absolute Gasteiger partial charge is 0.342 e. The van der Waals surface area contributed by atoms with Crippen LogP contribution >= 0.6 is 0 Å². The smallest absolute Gasteiger partial charge is 0.253 e. The summed E-state index contributed by atoms with van der Waals surface area (Å²) in [6.07, 6.45) is 0.982. The van der Waals surface area contributed by atoms with E-state index < -0.39 is 0 Å². The van der Waals surface area contributed by atoms with Gasteiger partial charge in [-0.05, 0) is 29.3 Å². The lowest BCUT2D eigenvalue weighted by Gasteiger charge is -2.16. The first kappa shape index (κ1) is 11.6. The lowest BCUT2D eigenvalue weighted by molar-refractivity contribution is 0.0795. The van der Waals surface area contributed by atoms with Crippen molar-refractivity contribution in [2.24, 2.45) is 0 Å². The number of carbonyl (C=O) groups is 1. The second-order valence-electron chi connectivity index (χ2n) is 4.29. The topological polar surface area (TPSA) is 20.3 Å². The lowest BCUT2D eigenvalue weighted by Crippen LogP contribution is -2.27. The molecule has 2 aromatic rings. The fourth-order valence-electron chi connectivity index (χ4n) is 1.98. The van der Waals surface area contributed by atoms with E-state index in [1.807, 2.05) is 43.4 Å². The Balaban J connectivity index is 2.33. The maximum absolute atomic E-state index is 12.1. The number of hydrogen-bond donors (Lipinski definition) is 0. The molecule has 0 bridgehead atoms. The highest BCUT2D eigenvalue weighted by atomic mass is 16.2. The molecule has 0 aliphatic rings. The van der Waals surface area contributed by atoms with Crippen molar-refractivity contribution >= 4 is 16.7 Å². The zero-order valence-corrected chi connectivity index (χ0v) is 10.3. The molecule has 0 aromatic heterocycles. The van der Waals surface area contributed by atoms with Gasteiger partial charge in [-0.25, -0.2) is 0 Å². The van der Waals surface area contributed by atoms with Crippen molar-refractivity contribution < 1.29 is 4.79 Å². The standard InChI is InChI=1S/C15H17NO/c1-3-10-16(2)15(17)14-9-8-12-6-4-5-7-13(12)11-14/h4-9,11H,3,10H2,1-2H3. The van der Waals surface area contributed by atoms with E-state index in [0.29, 0.717) is 0 Å². The van der Waals surface area contributed by atoms with E-state index in [2.05, 4.69) is 13.0 Å². The number of nitrogens with zero attached hydrogens (tertiary/aromatic N) is 1. The van der Waals surface area contributed by atoms with Gasteiger partial charge in [0.15, 0.2) is 0 Å². The fourth-order valence-corrected chi connectivity index (χ4v) is 1.98. The molecule has 88 valence electrons. The summed E-state index contributed by atoms with van der Waals surface area (Å²) in [6, 6.07) is 14.0. The van der Waals surface area contributed by atoms with Gasteiger partial charge in [0.05, 0.1) is 0 Å². The van der Waals surface area contributed by atoms with Crippen LogP contribution < -0.4 is 0 Å². The molecule has 0 fully saturated rings. The summed E-state index contributed by atoms with van der Waals surface area (Å²) < 4.78 is 0. The Hall–Kier alpha value is -1.83. The summed E-state index contributed by atoms with van der Waals surface area (Å²) >= 11 is 0. The fraction of sp³-hybridized carbons (Fsp3) is 0.267. The summed E-state index contributed by atoms with van der Waals surface area (Å²) in [5, 5.41) is 2.28. The Kier molecular flexibility index (Phi) is 3.43. The van der Waals surface area contributed by atoms with Crippen molar-refractivity contribution in [3.63, 3.8) is 0 Å². The van der Waals surface area contributed by atoms with Crippen molar-refractivity contribution in [2.45, 2.75) is 13.3 Å². The van der Waals surface area contributed by atoms with Gasteiger partial charge in [-0.1, -0.05) is 37.3 Å². The molecule has 17 heavy (non-hydrogen) atoms. The average molecular weight is 227 g/mol. The quantitative estimate of drug-likeness (QED) is 0.787. The molecule has 0 heterocycles. The maximum Gasteiger partial charge on any atom is 0.253 e. The monoisotopic (exact) mass is 227 g/mol. The van der Waals surface area contributed by atoms with E-state index in [1.165, 1.54) is 5.39 Å². The Bertz CT molecular complexity index is 533. The Morgan fingerprint density at radius 1 is 1.12 bits per heavy atom. The number of rotatable bonds is 3. The van der Waals surface area contributed by atoms with Crippen molar-refractivity contribution in [3.05, 3.63) is 48.0 Å². The number of amides is 1. The van der Waals surface area contributed by atoms with Crippen LogP contribution in [-0.4, -0.2) is 24.4 Å². The highest BCUT2D eigenvalue weighted by Gasteiger charge is 2.10. The highest BCUT2D eigenvalue weighted by molar-refractivity contribution is 5.98. The Labute approximate surface area is 102 Å². The number of carbonyl (C=O) groups excluding carboxylic acids is 1. The first-order chi connectivity index (χ1) is 8.22. The van der Waals surface area contributed by atoms with Crippen molar-refractivity contribution in [3.8, 4) is 0 Å². The molecular weight excluding hydrogens is 210 g/mol. The van der Waals surface area contributed by atoms with Crippen LogP contribution in [0.25, 0.3) is 10.8 Å². The van der Waals surface area contributed by atoms with Crippen LogP contribution in [0, 0.1) is 0 Å². The molecule has 2 rings (SSSR count). The third-order valence-electron chi connectivity index (χ3n) is 2.90. The maximum atomic E-state index is 12.1. The molecule has 0 N–H and O–H groups in total. The number of fused-ring (bicyclic) bond motifs is 1. The van der Waals surface area contributed by atoms with Crippen LogP contribution in [0.5, 0.6) is 0 Å². The molecule has 2 aromatic carbocycles. The van der Waals surface area contributed by atoms with E-state index in [0.717, 1.165) is 23.9 Å². The molecule has 0 unspecified atom stereocenters. The third kappa shape index (κ3) is 2.47. The molecule has 0 atom stereocenters. The van der Waals surface area contributed by atoms with Gasteiger partial charge in [-0.15, -0.1) is 0 Å². The van der Waals surface area contributed by atoms with Crippen molar-refractivity contribution in [2.75, 3.05) is 13.6 Å². The third-order valence-corrected chi connectivity index (χ3v) is 2.90. The molecule has 0 aliphatic carbocycles. The zero-order chi connectivity index (χ0) is 12.3. The minimum absolute atomic E-state index is 0.0950. The summed E-state index contributed by atoms with van der Waals surface area (Å²) in [7, 11) is 1.85. The van der Waals surface area contributed by atoms with E-state index in [1.54, 1.807) is 4.90 Å². The Morgan fingerprint density at radius 2 is 1.82 bits per heavy atom. The van der Waals surface area contributed by atoms with Crippen molar-refractivity contribution in [1.29, 1.82) is 0 Å². The molecule has 2 heteroatoms. The van der Waals surface area contributed by atoms with Crippen molar-refractivity contribution in [1.82, 2.24) is 4.90 Å². The summed E-state index contributed by atoms with van der Waals surface area (Å²) in [6.45, 7) is 2.87. The minimum atomic E-state index is 0.0950. The summed E-state index contributed by atoms with van der Waals surface area (Å²) in [5.41, 5.74) is 0.764. The second-order valence-corrected chi connectivity index (χ2v) is 4.29. The zero-order valence-electron chi connectivity index (χ0n) is 10.3. The normalized spacial score (nSPS) is 10.5. The SMILES string of the molecule is CCCN(C)C(=O)c1ccc2ccccc2c1. The molecule has 0 spiro atoms. The Morgan fingerprint density at radius 3 is 2.53 bits per heavy atom. The van der Waals surface area contributed by atoms with Gasteiger partial charge in [0.2, 0.25) is 0 Å². The van der Waals surface area contributed by atoms with Crippen LogP contribution in [0.2, 0.25) is 0 Å². The van der Waals surface area contributed by atoms with Crippen LogP contribution in [0.4, 0.5) is 0 Å². The molecule has 0 saturated carbocycles. The van der Waals surface area contributed by atoms with Gasteiger partial charge in [-0.2, -0.15) is 0 Å². The average Bonchev–Trinajstić information content (AvgIpc) is 2.37. The first-order valence-corrected chi connectivity index (χ1v) is 5.96. The van der Waals surface area contributed by atoms with E-state index >= 15 is 0 Å². The van der Waals surface area contributed by atoms with Gasteiger partial charge in [0, 0.05) is 19.2 Å². The van der Waals surface area contributed by atoms with Gasteiger partial charge in [0.25, 0.3) is 5.91 Å². The van der Waals surface area contributed by atoms with Crippen LogP contribution in [0.15, 0.2) is 42.5 Å². The van der Waals surface area contributed by atoms with Gasteiger partial charge < -0.3 is 4.90 Å².